The van der Waals surface area contributed by atoms with Gasteiger partial charge in [-0.05, 0) is 58.0 Å². The van der Waals surface area contributed by atoms with Crippen molar-refractivity contribution < 1.29 is 28.6 Å². The molecule has 0 aliphatic carbocycles. The van der Waals surface area contributed by atoms with Crippen LogP contribution in [0.5, 0.6) is 0 Å². The second kappa shape index (κ2) is 9.41. The molecule has 0 aliphatic heterocycles. The van der Waals surface area contributed by atoms with Gasteiger partial charge in [0.15, 0.2) is 5.92 Å². The molecule has 0 aromatic carbocycles. The Morgan fingerprint density at radius 2 is 1.68 bits per heavy atom. The van der Waals surface area contributed by atoms with Crippen molar-refractivity contribution in [1.82, 2.24) is 0 Å². The first-order valence-electron chi connectivity index (χ1n) is 8.07. The van der Waals surface area contributed by atoms with Gasteiger partial charge in [0.05, 0.1) is 13.2 Å². The van der Waals surface area contributed by atoms with Gasteiger partial charge in [-0.1, -0.05) is 0 Å². The number of nitrogens with one attached hydrogen (secondary N) is 1. The number of thiophene rings is 1. The van der Waals surface area contributed by atoms with Crippen LogP contribution in [0.15, 0.2) is 11.4 Å². The molecule has 0 aliphatic rings. The number of esters is 2. The van der Waals surface area contributed by atoms with Gasteiger partial charge in [-0.15, -0.1) is 11.3 Å². The van der Waals surface area contributed by atoms with Crippen LogP contribution in [-0.2, 0) is 30.2 Å². The fourth-order valence-corrected chi connectivity index (χ4v) is 2.78. The van der Waals surface area contributed by atoms with Gasteiger partial charge in [-0.2, -0.15) is 0 Å². The minimum atomic E-state index is -1.08. The number of carbonyl (C=O) groups is 3. The van der Waals surface area contributed by atoms with Gasteiger partial charge in [0, 0.05) is 0 Å². The van der Waals surface area contributed by atoms with E-state index >= 15 is 0 Å². The first kappa shape index (κ1) is 21.0. The summed E-state index contributed by atoms with van der Waals surface area (Å²) in [7, 11) is 0. The second-order valence-corrected chi connectivity index (χ2v) is 7.08. The molecular weight excluding hydrogens is 346 g/mol. The predicted octanol–water partition coefficient (Wildman–Crippen LogP) is 3.38. The van der Waals surface area contributed by atoms with E-state index in [1.807, 2.05) is 0 Å². The lowest BCUT2D eigenvalue weighted by atomic mass is 10.0. The molecule has 1 aromatic heterocycles. The number of carbonyl (C=O) groups excluding carboxylic acids is 3. The fourth-order valence-electron chi connectivity index (χ4n) is 1.97. The van der Waals surface area contributed by atoms with E-state index in [1.54, 1.807) is 46.1 Å². The fraction of sp³-hybridized carbons (Fsp3) is 0.588. The Labute approximate surface area is 151 Å². The van der Waals surface area contributed by atoms with Crippen LogP contribution in [0.3, 0.4) is 0 Å². The molecule has 1 heterocycles. The van der Waals surface area contributed by atoms with Crippen LogP contribution in [0, 0.1) is 5.92 Å². The van der Waals surface area contributed by atoms with Gasteiger partial charge in [0.2, 0.25) is 0 Å². The summed E-state index contributed by atoms with van der Waals surface area (Å²) >= 11 is 1.28. The minimum absolute atomic E-state index is 0.0757. The van der Waals surface area contributed by atoms with Crippen molar-refractivity contribution in [2.24, 2.45) is 5.92 Å². The zero-order valence-corrected chi connectivity index (χ0v) is 16.0. The Morgan fingerprint density at radius 1 is 1.12 bits per heavy atom. The van der Waals surface area contributed by atoms with E-state index in [0.717, 1.165) is 0 Å². The Hall–Kier alpha value is -2.09. The molecule has 25 heavy (non-hydrogen) atoms. The summed E-state index contributed by atoms with van der Waals surface area (Å²) in [5.41, 5.74) is 0.0156. The van der Waals surface area contributed by atoms with Crippen LogP contribution in [0.2, 0.25) is 0 Å². The molecule has 0 atom stereocenters. The van der Waals surface area contributed by atoms with Crippen LogP contribution in [0.1, 0.15) is 40.2 Å². The summed E-state index contributed by atoms with van der Waals surface area (Å²) in [4.78, 5) is 36.1. The Kier molecular flexibility index (Phi) is 7.89. The Morgan fingerprint density at radius 3 is 2.16 bits per heavy atom. The molecule has 1 N–H and O–H groups in total. The van der Waals surface area contributed by atoms with E-state index in [-0.39, 0.29) is 19.6 Å². The van der Waals surface area contributed by atoms with Gasteiger partial charge < -0.3 is 14.2 Å². The zero-order valence-electron chi connectivity index (χ0n) is 15.2. The minimum Gasteiger partial charge on any atom is -0.465 e. The van der Waals surface area contributed by atoms with Gasteiger partial charge in [0.1, 0.15) is 10.6 Å². The summed E-state index contributed by atoms with van der Waals surface area (Å²) in [6.45, 7) is 8.96. The molecule has 0 radical (unpaired) electrons. The summed E-state index contributed by atoms with van der Waals surface area (Å²) in [6.07, 6.45) is -0.522. The lowest BCUT2D eigenvalue weighted by molar-refractivity contribution is -0.161. The summed E-state index contributed by atoms with van der Waals surface area (Å²) in [6, 6.07) is 1.74. The van der Waals surface area contributed by atoms with Crippen LogP contribution in [0.25, 0.3) is 0 Å². The highest BCUT2D eigenvalue weighted by Crippen LogP contribution is 2.27. The Bertz CT molecular complexity index is 587. The monoisotopic (exact) mass is 371 g/mol. The third kappa shape index (κ3) is 7.13. The van der Waals surface area contributed by atoms with Gasteiger partial charge in [-0.3, -0.25) is 14.9 Å². The largest absolute Gasteiger partial charge is 0.465 e. The normalized spacial score (nSPS) is 11.1. The number of anilines is 1. The van der Waals surface area contributed by atoms with Crippen molar-refractivity contribution in [2.75, 3.05) is 18.5 Å². The SMILES string of the molecule is CCOC(=O)C(Cc1ccsc1NC(=O)OC(C)(C)C)C(=O)OCC. The average Bonchev–Trinajstić information content (AvgIpc) is 2.89. The maximum absolute atomic E-state index is 12.1. The molecule has 0 unspecified atom stereocenters. The van der Waals surface area contributed by atoms with Crippen LogP contribution in [0.4, 0.5) is 9.80 Å². The van der Waals surface area contributed by atoms with Crippen molar-refractivity contribution in [2.45, 2.75) is 46.6 Å². The van der Waals surface area contributed by atoms with Crippen LogP contribution < -0.4 is 5.32 Å². The molecule has 0 spiro atoms. The number of ether oxygens (including phenoxy) is 3. The number of hydrogen-bond acceptors (Lipinski definition) is 7. The Balaban J connectivity index is 2.88. The first-order valence-corrected chi connectivity index (χ1v) is 8.95. The number of rotatable bonds is 7. The molecular formula is C17H25NO6S. The molecule has 140 valence electrons. The lowest BCUT2D eigenvalue weighted by Gasteiger charge is -2.20. The summed E-state index contributed by atoms with van der Waals surface area (Å²) in [5, 5.41) is 4.93. The van der Waals surface area contributed by atoms with Crippen molar-refractivity contribution in [1.29, 1.82) is 0 Å². The van der Waals surface area contributed by atoms with Crippen molar-refractivity contribution in [3.8, 4) is 0 Å². The highest BCUT2D eigenvalue weighted by molar-refractivity contribution is 7.14. The van der Waals surface area contributed by atoms with E-state index < -0.39 is 29.6 Å². The van der Waals surface area contributed by atoms with Gasteiger partial charge in [-0.25, -0.2) is 4.79 Å². The van der Waals surface area contributed by atoms with Crippen molar-refractivity contribution in [3.63, 3.8) is 0 Å². The lowest BCUT2D eigenvalue weighted by Crippen LogP contribution is -2.30. The third-order valence-electron chi connectivity index (χ3n) is 2.93. The highest BCUT2D eigenvalue weighted by atomic mass is 32.1. The summed E-state index contributed by atoms with van der Waals surface area (Å²) in [5.74, 6) is -2.36. The molecule has 7 nitrogen and oxygen atoms in total. The molecule has 0 fully saturated rings. The average molecular weight is 371 g/mol. The summed E-state index contributed by atoms with van der Waals surface area (Å²) < 4.78 is 15.1. The van der Waals surface area contributed by atoms with E-state index in [0.29, 0.717) is 10.6 Å². The quantitative estimate of drug-likeness (QED) is 0.449. The molecule has 0 bridgehead atoms. The van der Waals surface area contributed by atoms with Gasteiger partial charge >= 0.3 is 18.0 Å². The maximum atomic E-state index is 12.1. The highest BCUT2D eigenvalue weighted by Gasteiger charge is 2.31. The van der Waals surface area contributed by atoms with E-state index in [2.05, 4.69) is 5.32 Å². The molecule has 1 aromatic rings. The van der Waals surface area contributed by atoms with Gasteiger partial charge in [0.25, 0.3) is 0 Å². The van der Waals surface area contributed by atoms with E-state index in [1.165, 1.54) is 11.3 Å². The van der Waals surface area contributed by atoms with E-state index in [4.69, 9.17) is 14.2 Å². The maximum Gasteiger partial charge on any atom is 0.412 e. The molecule has 1 amide bonds. The molecule has 1 rings (SSSR count). The second-order valence-electron chi connectivity index (χ2n) is 6.16. The smallest absolute Gasteiger partial charge is 0.412 e. The van der Waals surface area contributed by atoms with Crippen LogP contribution in [-0.4, -0.2) is 36.8 Å². The number of hydrogen-bond donors (Lipinski definition) is 1. The topological polar surface area (TPSA) is 90.9 Å². The molecule has 0 saturated heterocycles. The van der Waals surface area contributed by atoms with Crippen molar-refractivity contribution >= 4 is 34.4 Å². The standard InChI is InChI=1S/C17H25NO6S/c1-6-22-14(19)12(15(20)23-7-2)10-11-8-9-25-13(11)18-16(21)24-17(3,4)5/h8-9,12H,6-7,10H2,1-5H3,(H,18,21). The first-order chi connectivity index (χ1) is 11.7. The predicted molar refractivity (Wildman–Crippen MR) is 94.6 cm³/mol. The zero-order chi connectivity index (χ0) is 19.0. The van der Waals surface area contributed by atoms with Crippen molar-refractivity contribution in [3.05, 3.63) is 17.0 Å². The van der Waals surface area contributed by atoms with Crippen LogP contribution >= 0.6 is 11.3 Å². The molecule has 0 saturated carbocycles. The van der Waals surface area contributed by atoms with E-state index in [9.17, 15) is 14.4 Å². The third-order valence-corrected chi connectivity index (χ3v) is 3.80. The number of amides is 1. The molecule has 8 heteroatoms.